The third-order valence-corrected chi connectivity index (χ3v) is 5.78. The lowest BCUT2D eigenvalue weighted by Crippen LogP contribution is -2.41. The monoisotopic (exact) mass is 454 g/mol. The lowest BCUT2D eigenvalue weighted by molar-refractivity contribution is -0.121. The van der Waals surface area contributed by atoms with Crippen LogP contribution in [0.3, 0.4) is 0 Å². The van der Waals surface area contributed by atoms with Crippen LogP contribution in [0.15, 0.2) is 6.20 Å². The van der Waals surface area contributed by atoms with Gasteiger partial charge in [-0.25, -0.2) is 13.8 Å². The van der Waals surface area contributed by atoms with Gasteiger partial charge >= 0.3 is 6.01 Å². The Morgan fingerprint density at radius 3 is 3.03 bits per heavy atom. The highest BCUT2D eigenvalue weighted by Gasteiger charge is 2.24. The molecule has 0 spiro atoms. The number of nitrogens with zero attached hydrogens (tertiary/aromatic N) is 4. The average molecular weight is 455 g/mol. The number of hydrogen-bond acceptors (Lipinski definition) is 7. The number of hydrazine groups is 1. The Morgan fingerprint density at radius 1 is 1.29 bits per heavy atom. The molecule has 0 aromatic carbocycles. The first kappa shape index (κ1) is 21.9. The minimum Gasteiger partial charge on any atom is -0.463 e. The highest BCUT2D eigenvalue weighted by molar-refractivity contribution is 6.30. The fourth-order valence-electron chi connectivity index (χ4n) is 3.93. The van der Waals surface area contributed by atoms with Gasteiger partial charge in [-0.15, -0.1) is 0 Å². The van der Waals surface area contributed by atoms with Gasteiger partial charge in [-0.2, -0.15) is 9.97 Å². The number of carbonyl (C=O) groups excluding carboxylic acids is 1. The van der Waals surface area contributed by atoms with E-state index >= 15 is 0 Å². The number of hydrogen-bond donors (Lipinski definition) is 2. The van der Waals surface area contributed by atoms with Gasteiger partial charge in [0, 0.05) is 25.7 Å². The molecule has 11 heteroatoms. The summed E-state index contributed by atoms with van der Waals surface area (Å²) in [5, 5.41) is 4.65. The van der Waals surface area contributed by atoms with E-state index in [0.29, 0.717) is 37.1 Å². The van der Waals surface area contributed by atoms with Gasteiger partial charge in [-0.3, -0.25) is 15.2 Å². The number of halogens is 3. The van der Waals surface area contributed by atoms with E-state index in [1.54, 1.807) is 5.01 Å². The highest BCUT2D eigenvalue weighted by atomic mass is 35.5. The second kappa shape index (κ2) is 9.86. The van der Waals surface area contributed by atoms with Crippen molar-refractivity contribution >= 4 is 34.2 Å². The largest absolute Gasteiger partial charge is 0.463 e. The van der Waals surface area contributed by atoms with E-state index in [2.05, 4.69) is 25.7 Å². The van der Waals surface area contributed by atoms with E-state index in [1.807, 2.05) is 0 Å². The van der Waals surface area contributed by atoms with Crippen molar-refractivity contribution in [3.05, 3.63) is 17.2 Å². The fourth-order valence-corrected chi connectivity index (χ4v) is 4.07. The average Bonchev–Trinajstić information content (AvgIpc) is 2.96. The molecule has 2 aliphatic rings. The molecule has 2 saturated heterocycles. The van der Waals surface area contributed by atoms with Gasteiger partial charge in [-0.1, -0.05) is 11.6 Å². The molecule has 8 nitrogen and oxygen atoms in total. The van der Waals surface area contributed by atoms with E-state index in [-0.39, 0.29) is 35.1 Å². The number of carbonyl (C=O) groups is 1. The minimum absolute atomic E-state index is 0.00334. The number of amides is 1. The van der Waals surface area contributed by atoms with Crippen LogP contribution in [0, 0.1) is 11.7 Å². The van der Waals surface area contributed by atoms with Gasteiger partial charge in [0.05, 0.1) is 12.0 Å². The normalized spacial score (nSPS) is 23.1. The number of anilines is 1. The summed E-state index contributed by atoms with van der Waals surface area (Å²) in [5.41, 5.74) is 2.75. The third kappa shape index (κ3) is 5.30. The molecule has 0 aliphatic carbocycles. The van der Waals surface area contributed by atoms with E-state index in [0.717, 1.165) is 32.2 Å². The smallest absolute Gasteiger partial charge is 0.319 e. The van der Waals surface area contributed by atoms with Gasteiger partial charge in [0.15, 0.2) is 16.8 Å². The molecule has 2 aromatic heterocycles. The fraction of sp³-hybridized carbons (Fsp3) is 0.600. The molecule has 168 valence electrons. The second-order valence-corrected chi connectivity index (χ2v) is 8.31. The molecule has 0 radical (unpaired) electrons. The van der Waals surface area contributed by atoms with Crippen molar-refractivity contribution in [3.63, 3.8) is 0 Å². The number of pyridine rings is 1. The predicted molar refractivity (Wildman–Crippen MR) is 112 cm³/mol. The summed E-state index contributed by atoms with van der Waals surface area (Å²) in [6.45, 7) is 1.82. The quantitative estimate of drug-likeness (QED) is 0.686. The summed E-state index contributed by atoms with van der Waals surface area (Å²) >= 11 is 5.86. The van der Waals surface area contributed by atoms with Crippen LogP contribution < -0.4 is 20.5 Å². The van der Waals surface area contributed by atoms with Crippen LogP contribution in [0.4, 0.5) is 14.6 Å². The number of rotatable bonds is 4. The topological polar surface area (TPSA) is 92.3 Å². The number of alkyl halides is 1. The summed E-state index contributed by atoms with van der Waals surface area (Å²) in [7, 11) is 0. The summed E-state index contributed by atoms with van der Waals surface area (Å²) in [6, 6.07) is -0.0437. The Kier molecular flexibility index (Phi) is 6.96. The van der Waals surface area contributed by atoms with Crippen molar-refractivity contribution in [2.24, 2.45) is 5.92 Å². The van der Waals surface area contributed by atoms with Crippen LogP contribution in [0.2, 0.25) is 5.15 Å². The maximum atomic E-state index is 14.7. The van der Waals surface area contributed by atoms with Crippen molar-refractivity contribution in [1.82, 2.24) is 25.7 Å². The maximum Gasteiger partial charge on any atom is 0.319 e. The zero-order valence-electron chi connectivity index (χ0n) is 17.0. The minimum atomic E-state index is -0.948. The number of fused-ring (bicyclic) bond motifs is 1. The Balaban J connectivity index is 1.63. The Bertz CT molecular complexity index is 950. The second-order valence-electron chi connectivity index (χ2n) is 7.96. The summed E-state index contributed by atoms with van der Waals surface area (Å²) in [4.78, 5) is 24.6. The van der Waals surface area contributed by atoms with Crippen molar-refractivity contribution in [1.29, 1.82) is 0 Å². The molecule has 4 heterocycles. The van der Waals surface area contributed by atoms with Gasteiger partial charge < -0.3 is 10.1 Å². The zero-order valence-corrected chi connectivity index (χ0v) is 17.8. The third-order valence-electron chi connectivity index (χ3n) is 5.52. The molecule has 2 N–H and O–H groups in total. The maximum absolute atomic E-state index is 14.7. The van der Waals surface area contributed by atoms with Crippen LogP contribution >= 0.6 is 11.6 Å². The molecule has 31 heavy (non-hydrogen) atoms. The first-order chi connectivity index (χ1) is 15.0. The van der Waals surface area contributed by atoms with Crippen molar-refractivity contribution < 1.29 is 18.3 Å². The van der Waals surface area contributed by atoms with Gasteiger partial charge in [0.25, 0.3) is 0 Å². The summed E-state index contributed by atoms with van der Waals surface area (Å²) in [5.74, 6) is -0.631. The Morgan fingerprint density at radius 2 is 2.16 bits per heavy atom. The van der Waals surface area contributed by atoms with Gasteiger partial charge in [0.2, 0.25) is 5.91 Å². The molecule has 0 bridgehead atoms. The summed E-state index contributed by atoms with van der Waals surface area (Å²) in [6.07, 6.45) is 4.44. The molecule has 2 fully saturated rings. The lowest BCUT2D eigenvalue weighted by atomic mass is 9.96. The number of ether oxygens (including phenoxy) is 1. The van der Waals surface area contributed by atoms with Crippen LogP contribution in [0.5, 0.6) is 6.01 Å². The predicted octanol–water partition coefficient (Wildman–Crippen LogP) is 2.95. The van der Waals surface area contributed by atoms with Crippen LogP contribution in [0.1, 0.15) is 38.5 Å². The van der Waals surface area contributed by atoms with Crippen LogP contribution in [-0.4, -0.2) is 53.3 Å². The van der Waals surface area contributed by atoms with Crippen LogP contribution in [-0.2, 0) is 4.79 Å². The van der Waals surface area contributed by atoms with E-state index < -0.39 is 12.0 Å². The van der Waals surface area contributed by atoms with E-state index in [9.17, 15) is 13.6 Å². The van der Waals surface area contributed by atoms with Crippen molar-refractivity contribution in [3.8, 4) is 6.01 Å². The van der Waals surface area contributed by atoms with E-state index in [4.69, 9.17) is 16.3 Å². The van der Waals surface area contributed by atoms with Gasteiger partial charge in [0.1, 0.15) is 11.7 Å². The number of nitrogens with one attached hydrogen (secondary N) is 2. The molecule has 2 aliphatic heterocycles. The van der Waals surface area contributed by atoms with Crippen molar-refractivity contribution in [2.45, 2.75) is 44.7 Å². The zero-order chi connectivity index (χ0) is 21.8. The molecule has 2 atom stereocenters. The molecular weight excluding hydrogens is 430 g/mol. The molecular formula is C20H25ClF2N6O2. The molecule has 0 unspecified atom stereocenters. The lowest BCUT2D eigenvalue weighted by Gasteiger charge is -2.24. The standard InChI is InChI=1S/C20H25ClF2N6O2/c21-18-16(23)17-14(10-25-18)19(29-7-2-1-5-15(30)28-29)27-20(26-17)31-11-12-4-3-6-24-9-13(22)8-12/h10,12-13,24H,1-9,11H2,(H,28,30)/t12-,13-/m1/s1. The Labute approximate surface area is 183 Å². The first-order valence-electron chi connectivity index (χ1n) is 10.6. The molecule has 0 saturated carbocycles. The van der Waals surface area contributed by atoms with Crippen molar-refractivity contribution in [2.75, 3.05) is 31.3 Å². The van der Waals surface area contributed by atoms with E-state index in [1.165, 1.54) is 6.20 Å². The SMILES string of the molecule is O=C1CCCCN(c2nc(OC[C@@H]3CCCNC[C@H](F)C3)nc3c(F)c(Cl)ncc23)N1. The van der Waals surface area contributed by atoms with Crippen LogP contribution in [0.25, 0.3) is 10.9 Å². The Hall–Kier alpha value is -2.33. The summed E-state index contributed by atoms with van der Waals surface area (Å²) < 4.78 is 34.5. The molecule has 1 amide bonds. The first-order valence-corrected chi connectivity index (χ1v) is 11.0. The molecule has 4 rings (SSSR count). The number of aromatic nitrogens is 3. The van der Waals surface area contributed by atoms with Gasteiger partial charge in [-0.05, 0) is 44.6 Å². The highest BCUT2D eigenvalue weighted by Crippen LogP contribution is 2.30. The molecule has 2 aromatic rings.